The lowest BCUT2D eigenvalue weighted by molar-refractivity contribution is -0.139. The molecule has 1 aliphatic heterocycles. The van der Waals surface area contributed by atoms with E-state index in [1.54, 1.807) is 43.7 Å². The summed E-state index contributed by atoms with van der Waals surface area (Å²) in [5.74, 6) is 0.887. The first kappa shape index (κ1) is 27.0. The van der Waals surface area contributed by atoms with Crippen molar-refractivity contribution in [1.29, 1.82) is 0 Å². The summed E-state index contributed by atoms with van der Waals surface area (Å²) in [6.07, 6.45) is 1.74. The van der Waals surface area contributed by atoms with Gasteiger partial charge in [0.2, 0.25) is 5.75 Å². The number of allylic oxidation sites excluding steroid dienone is 1. The highest BCUT2D eigenvalue weighted by atomic mass is 32.1. The van der Waals surface area contributed by atoms with Gasteiger partial charge in [0.15, 0.2) is 16.3 Å². The average molecular weight is 538 g/mol. The molecule has 200 valence electrons. The summed E-state index contributed by atoms with van der Waals surface area (Å²) in [6.45, 7) is 3.73. The van der Waals surface area contributed by atoms with Crippen molar-refractivity contribution in [3.05, 3.63) is 78.5 Å². The summed E-state index contributed by atoms with van der Waals surface area (Å²) in [6, 6.07) is 10.6. The van der Waals surface area contributed by atoms with E-state index in [-0.39, 0.29) is 12.2 Å². The Labute approximate surface area is 224 Å². The quantitative estimate of drug-likeness (QED) is 0.408. The van der Waals surface area contributed by atoms with E-state index in [0.717, 1.165) is 11.3 Å². The van der Waals surface area contributed by atoms with Crippen LogP contribution in [0, 0.1) is 0 Å². The van der Waals surface area contributed by atoms with Crippen LogP contribution in [0.2, 0.25) is 0 Å². The van der Waals surface area contributed by atoms with Gasteiger partial charge < -0.3 is 23.8 Å². The van der Waals surface area contributed by atoms with Gasteiger partial charge in [-0.25, -0.2) is 9.79 Å². The second-order valence-corrected chi connectivity index (χ2v) is 9.72. The Kier molecular flexibility index (Phi) is 7.91. The fourth-order valence-corrected chi connectivity index (χ4v) is 5.48. The van der Waals surface area contributed by atoms with E-state index >= 15 is 0 Å². The number of methoxy groups -OCH3 is 3. The normalized spacial score (nSPS) is 15.0. The van der Waals surface area contributed by atoms with Gasteiger partial charge in [0, 0.05) is 25.3 Å². The van der Waals surface area contributed by atoms with Gasteiger partial charge in [-0.15, -0.1) is 0 Å². The first-order valence-corrected chi connectivity index (χ1v) is 12.8. The molecule has 0 N–H and O–H groups in total. The molecule has 38 heavy (non-hydrogen) atoms. The fourth-order valence-electron chi connectivity index (χ4n) is 4.44. The number of rotatable bonds is 8. The highest BCUT2D eigenvalue weighted by molar-refractivity contribution is 7.07. The minimum atomic E-state index is -0.684. The number of thiazole rings is 1. The Bertz CT molecular complexity index is 1570. The van der Waals surface area contributed by atoms with Crippen LogP contribution in [0.5, 0.6) is 17.2 Å². The third kappa shape index (κ3) is 4.79. The molecule has 0 amide bonds. The molecule has 0 bridgehead atoms. The standard InChI is InChI=1S/C28H31N3O6S/c1-8-37-27(33)22-16(2)29-28-31(23(22)17-9-12-19(13-10-17)30(3)4)26(32)21(38-28)15-18-11-14-20(34-5)25(36-7)24(18)35-6/h9-15,23H,8H2,1-7H3/t23-/m0/s1. The SMILES string of the molecule is CCOC(=O)C1=C(C)N=c2sc(=Cc3ccc(OC)c(OC)c3OC)c(=O)n2[C@H]1c1ccc(N(C)C)cc1. The Morgan fingerprint density at radius 2 is 1.74 bits per heavy atom. The molecule has 0 radical (unpaired) electrons. The van der Waals surface area contributed by atoms with E-state index < -0.39 is 12.0 Å². The van der Waals surface area contributed by atoms with Crippen molar-refractivity contribution in [2.75, 3.05) is 46.9 Å². The molecular weight excluding hydrogens is 506 g/mol. The van der Waals surface area contributed by atoms with E-state index in [1.807, 2.05) is 43.3 Å². The molecule has 2 aromatic carbocycles. The van der Waals surface area contributed by atoms with E-state index in [4.69, 9.17) is 18.9 Å². The van der Waals surface area contributed by atoms with E-state index in [0.29, 0.717) is 43.4 Å². The van der Waals surface area contributed by atoms with Gasteiger partial charge in [0.05, 0.1) is 49.8 Å². The van der Waals surface area contributed by atoms with Crippen LogP contribution in [-0.2, 0) is 9.53 Å². The highest BCUT2D eigenvalue weighted by Crippen LogP contribution is 2.40. The number of esters is 1. The third-order valence-electron chi connectivity index (χ3n) is 6.26. The van der Waals surface area contributed by atoms with Crippen molar-refractivity contribution in [3.8, 4) is 17.2 Å². The number of aromatic nitrogens is 1. The molecule has 3 aromatic rings. The Hall–Kier alpha value is -4.05. The fraction of sp³-hybridized carbons (Fsp3) is 0.321. The molecule has 1 aliphatic rings. The molecule has 4 rings (SSSR count). The van der Waals surface area contributed by atoms with Gasteiger partial charge in [-0.05, 0) is 49.8 Å². The lowest BCUT2D eigenvalue weighted by Crippen LogP contribution is -2.40. The molecule has 9 nitrogen and oxygen atoms in total. The molecule has 0 aliphatic carbocycles. The Morgan fingerprint density at radius 1 is 1.05 bits per heavy atom. The summed E-state index contributed by atoms with van der Waals surface area (Å²) in [5.41, 5.74) is 3.00. The van der Waals surface area contributed by atoms with E-state index in [1.165, 1.54) is 25.6 Å². The van der Waals surface area contributed by atoms with Crippen LogP contribution in [0.15, 0.2) is 57.5 Å². The number of anilines is 1. The van der Waals surface area contributed by atoms with Gasteiger partial charge in [-0.1, -0.05) is 23.5 Å². The second-order valence-electron chi connectivity index (χ2n) is 8.71. The summed E-state index contributed by atoms with van der Waals surface area (Å²) in [4.78, 5) is 34.1. The lowest BCUT2D eigenvalue weighted by atomic mass is 9.95. The first-order valence-electron chi connectivity index (χ1n) is 12.0. The number of hydrogen-bond donors (Lipinski definition) is 0. The van der Waals surface area contributed by atoms with E-state index in [9.17, 15) is 9.59 Å². The summed E-state index contributed by atoms with van der Waals surface area (Å²) in [7, 11) is 8.51. The number of hydrogen-bond acceptors (Lipinski definition) is 9. The molecule has 1 aromatic heterocycles. The van der Waals surface area contributed by atoms with Gasteiger partial charge >= 0.3 is 5.97 Å². The van der Waals surface area contributed by atoms with E-state index in [2.05, 4.69) is 4.99 Å². The number of carbonyl (C=O) groups excluding carboxylic acids is 1. The van der Waals surface area contributed by atoms with Gasteiger partial charge in [0.25, 0.3) is 5.56 Å². The monoisotopic (exact) mass is 537 g/mol. The zero-order chi connectivity index (χ0) is 27.6. The van der Waals surface area contributed by atoms with Crippen molar-refractivity contribution < 1.29 is 23.7 Å². The smallest absolute Gasteiger partial charge is 0.338 e. The van der Waals surface area contributed by atoms with Crippen molar-refractivity contribution in [1.82, 2.24) is 4.57 Å². The molecule has 0 saturated carbocycles. The topological polar surface area (TPSA) is 91.6 Å². The number of carbonyl (C=O) groups is 1. The second kappa shape index (κ2) is 11.1. The first-order chi connectivity index (χ1) is 18.2. The van der Waals surface area contributed by atoms with Crippen LogP contribution in [0.1, 0.15) is 31.0 Å². The lowest BCUT2D eigenvalue weighted by Gasteiger charge is -2.25. The molecule has 1 atom stereocenters. The van der Waals surface area contributed by atoms with Crippen LogP contribution in [0.3, 0.4) is 0 Å². The summed E-state index contributed by atoms with van der Waals surface area (Å²) in [5, 5.41) is 0. The maximum Gasteiger partial charge on any atom is 0.338 e. The molecule has 0 spiro atoms. The Morgan fingerprint density at radius 3 is 2.32 bits per heavy atom. The minimum Gasteiger partial charge on any atom is -0.493 e. The molecule has 2 heterocycles. The summed E-state index contributed by atoms with van der Waals surface area (Å²) >= 11 is 1.24. The number of benzene rings is 2. The van der Waals surface area contributed by atoms with Crippen molar-refractivity contribution in [2.24, 2.45) is 4.99 Å². The largest absolute Gasteiger partial charge is 0.493 e. The van der Waals surface area contributed by atoms with Gasteiger partial charge in [-0.3, -0.25) is 9.36 Å². The number of nitrogens with zero attached hydrogens (tertiary/aromatic N) is 3. The highest BCUT2D eigenvalue weighted by Gasteiger charge is 2.33. The maximum absolute atomic E-state index is 13.9. The van der Waals surface area contributed by atoms with Crippen LogP contribution < -0.4 is 34.0 Å². The van der Waals surface area contributed by atoms with Crippen molar-refractivity contribution in [3.63, 3.8) is 0 Å². The van der Waals surface area contributed by atoms with Crippen molar-refractivity contribution >= 4 is 29.1 Å². The predicted molar refractivity (Wildman–Crippen MR) is 147 cm³/mol. The average Bonchev–Trinajstić information content (AvgIpc) is 3.21. The molecule has 0 fully saturated rings. The van der Waals surface area contributed by atoms with Crippen LogP contribution in [0.25, 0.3) is 6.08 Å². The van der Waals surface area contributed by atoms with Crippen LogP contribution in [0.4, 0.5) is 5.69 Å². The van der Waals surface area contributed by atoms with Gasteiger partial charge in [-0.2, -0.15) is 0 Å². The number of fused-ring (bicyclic) bond motifs is 1. The molecule has 0 unspecified atom stereocenters. The minimum absolute atomic E-state index is 0.214. The van der Waals surface area contributed by atoms with Gasteiger partial charge in [0.1, 0.15) is 0 Å². The van der Waals surface area contributed by atoms with Crippen molar-refractivity contribution in [2.45, 2.75) is 19.9 Å². The third-order valence-corrected chi connectivity index (χ3v) is 7.25. The molecular formula is C28H31N3O6S. The summed E-state index contributed by atoms with van der Waals surface area (Å²) < 4.78 is 23.8. The zero-order valence-corrected chi connectivity index (χ0v) is 23.3. The maximum atomic E-state index is 13.9. The zero-order valence-electron chi connectivity index (χ0n) is 22.5. The Balaban J connectivity index is 1.95. The van der Waals surface area contributed by atoms with Crippen LogP contribution >= 0.6 is 11.3 Å². The number of ether oxygens (including phenoxy) is 4. The predicted octanol–water partition coefficient (Wildman–Crippen LogP) is 2.89. The molecule has 10 heteroatoms. The molecule has 0 saturated heterocycles. The van der Waals surface area contributed by atoms with Crippen LogP contribution in [-0.4, -0.2) is 52.6 Å².